The van der Waals surface area contributed by atoms with Crippen LogP contribution in [-0.4, -0.2) is 10.8 Å². The van der Waals surface area contributed by atoms with Gasteiger partial charge in [0, 0.05) is 19.2 Å². The molecule has 0 unspecified atom stereocenters. The molecule has 0 saturated heterocycles. The number of rotatable bonds is 7. The highest BCUT2D eigenvalue weighted by atomic mass is 35.5. The monoisotopic (exact) mass is 469 g/mol. The second kappa shape index (κ2) is 10.0. The van der Waals surface area contributed by atoms with Gasteiger partial charge in [0.25, 0.3) is 5.91 Å². The molecule has 5 heteroatoms. The molecule has 1 aliphatic rings. The number of fused-ring (bicyclic) bond motifs is 1. The summed E-state index contributed by atoms with van der Waals surface area (Å²) in [6.07, 6.45) is 0. The fraction of sp³-hybridized carbons (Fsp3) is 0.138. The largest absolute Gasteiger partial charge is 0.488 e. The van der Waals surface area contributed by atoms with Gasteiger partial charge in [0.15, 0.2) is 0 Å². The van der Waals surface area contributed by atoms with Gasteiger partial charge in [0.05, 0.1) is 10.6 Å². The van der Waals surface area contributed by atoms with Gasteiger partial charge in [-0.3, -0.25) is 4.79 Å². The van der Waals surface area contributed by atoms with Gasteiger partial charge in [0.2, 0.25) is 0 Å². The number of hydrogen-bond acceptors (Lipinski definition) is 3. The molecular weight excluding hydrogens is 446 g/mol. The molecule has 5 rings (SSSR count). The number of benzene rings is 4. The first kappa shape index (κ1) is 22.1. The van der Waals surface area contributed by atoms with Crippen LogP contribution in [0.1, 0.15) is 32.6 Å². The predicted molar refractivity (Wildman–Crippen MR) is 133 cm³/mol. The van der Waals surface area contributed by atoms with Gasteiger partial charge in [-0.2, -0.15) is 0 Å². The van der Waals surface area contributed by atoms with Crippen LogP contribution < -0.4 is 9.47 Å². The van der Waals surface area contributed by atoms with E-state index in [2.05, 4.69) is 12.1 Å². The lowest BCUT2D eigenvalue weighted by Gasteiger charge is -2.20. The third-order valence-corrected chi connectivity index (χ3v) is 6.16. The number of hydrogen-bond donors (Lipinski definition) is 0. The first-order valence-electron chi connectivity index (χ1n) is 11.2. The van der Waals surface area contributed by atoms with Crippen molar-refractivity contribution in [1.29, 1.82) is 0 Å². The van der Waals surface area contributed by atoms with Crippen molar-refractivity contribution in [3.05, 3.63) is 130 Å². The van der Waals surface area contributed by atoms with Crippen LogP contribution in [-0.2, 0) is 26.3 Å². The summed E-state index contributed by atoms with van der Waals surface area (Å²) in [6.45, 7) is 1.84. The molecule has 0 aromatic heterocycles. The van der Waals surface area contributed by atoms with Crippen LogP contribution in [0.4, 0.5) is 0 Å². The Morgan fingerprint density at radius 1 is 0.706 bits per heavy atom. The molecule has 1 amide bonds. The van der Waals surface area contributed by atoms with E-state index in [1.165, 1.54) is 0 Å². The maximum atomic E-state index is 13.5. The highest BCUT2D eigenvalue weighted by Crippen LogP contribution is 2.36. The number of ether oxygens (including phenoxy) is 2. The van der Waals surface area contributed by atoms with Crippen molar-refractivity contribution >= 4 is 17.5 Å². The lowest BCUT2D eigenvalue weighted by atomic mass is 10.1. The molecule has 170 valence electrons. The topological polar surface area (TPSA) is 38.8 Å². The van der Waals surface area contributed by atoms with E-state index in [-0.39, 0.29) is 5.91 Å². The Morgan fingerprint density at radius 2 is 1.21 bits per heavy atom. The molecule has 4 aromatic rings. The van der Waals surface area contributed by atoms with E-state index >= 15 is 0 Å². The fourth-order valence-electron chi connectivity index (χ4n) is 4.05. The summed E-state index contributed by atoms with van der Waals surface area (Å²) in [7, 11) is 0. The van der Waals surface area contributed by atoms with Crippen molar-refractivity contribution in [1.82, 2.24) is 4.90 Å². The van der Waals surface area contributed by atoms with E-state index in [9.17, 15) is 4.79 Å². The van der Waals surface area contributed by atoms with E-state index < -0.39 is 0 Å². The van der Waals surface area contributed by atoms with Crippen LogP contribution in [0, 0.1) is 0 Å². The van der Waals surface area contributed by atoms with Gasteiger partial charge >= 0.3 is 0 Å². The Morgan fingerprint density at radius 3 is 1.76 bits per heavy atom. The minimum atomic E-state index is -0.115. The van der Waals surface area contributed by atoms with E-state index in [0.717, 1.165) is 22.3 Å². The molecule has 0 fully saturated rings. The first-order valence-corrected chi connectivity index (χ1v) is 11.6. The van der Waals surface area contributed by atoms with Crippen LogP contribution in [0.15, 0.2) is 97.1 Å². The quantitative estimate of drug-likeness (QED) is 0.304. The van der Waals surface area contributed by atoms with Crippen molar-refractivity contribution in [2.45, 2.75) is 26.3 Å². The number of nitrogens with zero attached hydrogens (tertiary/aromatic N) is 1. The van der Waals surface area contributed by atoms with Gasteiger partial charge in [0.1, 0.15) is 24.7 Å². The molecular formula is C29H24ClNO3. The highest BCUT2D eigenvalue weighted by molar-refractivity contribution is 6.32. The van der Waals surface area contributed by atoms with Crippen molar-refractivity contribution in [3.63, 3.8) is 0 Å². The Kier molecular flexibility index (Phi) is 6.50. The van der Waals surface area contributed by atoms with Crippen LogP contribution in [0.5, 0.6) is 11.5 Å². The molecule has 0 bridgehead atoms. The Hall–Kier alpha value is -3.76. The predicted octanol–water partition coefficient (Wildman–Crippen LogP) is 6.65. The summed E-state index contributed by atoms with van der Waals surface area (Å²) in [4.78, 5) is 15.4. The molecule has 0 spiro atoms. The lowest BCUT2D eigenvalue weighted by molar-refractivity contribution is 0.0746. The van der Waals surface area contributed by atoms with Crippen LogP contribution in [0.3, 0.4) is 0 Å². The summed E-state index contributed by atoms with van der Waals surface area (Å²) in [5.74, 6) is 0.822. The van der Waals surface area contributed by atoms with Crippen molar-refractivity contribution < 1.29 is 14.3 Å². The number of carbonyl (C=O) groups excluding carboxylic acids is 1. The maximum Gasteiger partial charge on any atom is 0.258 e. The Bertz CT molecular complexity index is 1270. The fourth-order valence-corrected chi connectivity index (χ4v) is 4.27. The summed E-state index contributed by atoms with van der Waals surface area (Å²) in [5, 5.41) is 0.378. The SMILES string of the molecule is O=C(c1cc(Cl)c(OCc2ccccc2)cc1OCc1ccccc1)N1Cc2ccccc2C1. The third-order valence-electron chi connectivity index (χ3n) is 5.87. The van der Waals surface area contributed by atoms with Crippen molar-refractivity contribution in [3.8, 4) is 11.5 Å². The normalized spacial score (nSPS) is 12.3. The average Bonchev–Trinajstić information content (AvgIpc) is 3.32. The van der Waals surface area contributed by atoms with E-state index in [0.29, 0.717) is 48.4 Å². The van der Waals surface area contributed by atoms with Crippen LogP contribution in [0.2, 0.25) is 5.02 Å². The second-order valence-electron chi connectivity index (χ2n) is 8.26. The highest BCUT2D eigenvalue weighted by Gasteiger charge is 2.27. The molecule has 0 atom stereocenters. The molecule has 4 nitrogen and oxygen atoms in total. The van der Waals surface area contributed by atoms with E-state index in [1.54, 1.807) is 12.1 Å². The average molecular weight is 470 g/mol. The van der Waals surface area contributed by atoms with E-state index in [1.807, 2.05) is 77.7 Å². The summed E-state index contributed by atoms with van der Waals surface area (Å²) >= 11 is 6.57. The van der Waals surface area contributed by atoms with E-state index in [4.69, 9.17) is 21.1 Å². The summed E-state index contributed by atoms with van der Waals surface area (Å²) < 4.78 is 12.1. The van der Waals surface area contributed by atoms with Crippen molar-refractivity contribution in [2.75, 3.05) is 0 Å². The zero-order valence-electron chi connectivity index (χ0n) is 18.6. The summed E-state index contributed by atoms with van der Waals surface area (Å²) in [6, 6.07) is 31.2. The second-order valence-corrected chi connectivity index (χ2v) is 8.66. The molecule has 0 N–H and O–H groups in total. The van der Waals surface area contributed by atoms with Gasteiger partial charge < -0.3 is 14.4 Å². The van der Waals surface area contributed by atoms with Crippen LogP contribution >= 0.6 is 11.6 Å². The summed E-state index contributed by atoms with van der Waals surface area (Å²) in [5.41, 5.74) is 4.80. The third kappa shape index (κ3) is 4.92. The number of halogens is 1. The van der Waals surface area contributed by atoms with Gasteiger partial charge in [-0.25, -0.2) is 0 Å². The van der Waals surface area contributed by atoms with Gasteiger partial charge in [-0.05, 0) is 28.3 Å². The molecule has 0 saturated carbocycles. The standard InChI is InChI=1S/C29H24ClNO3/c30-26-15-25(29(32)31-17-23-13-7-8-14-24(23)18-31)27(33-19-21-9-3-1-4-10-21)16-28(26)34-20-22-11-5-2-6-12-22/h1-16H,17-20H2. The smallest absolute Gasteiger partial charge is 0.258 e. The Labute approximate surface area is 204 Å². The maximum absolute atomic E-state index is 13.5. The lowest BCUT2D eigenvalue weighted by Crippen LogP contribution is -2.26. The first-order chi connectivity index (χ1) is 16.7. The zero-order valence-corrected chi connectivity index (χ0v) is 19.4. The number of amides is 1. The molecule has 4 aromatic carbocycles. The van der Waals surface area contributed by atoms with Gasteiger partial charge in [-0.15, -0.1) is 0 Å². The minimum Gasteiger partial charge on any atom is -0.488 e. The van der Waals surface area contributed by atoms with Crippen molar-refractivity contribution in [2.24, 2.45) is 0 Å². The van der Waals surface area contributed by atoms with Gasteiger partial charge in [-0.1, -0.05) is 96.5 Å². The molecule has 1 aliphatic heterocycles. The number of carbonyl (C=O) groups is 1. The zero-order chi connectivity index (χ0) is 23.3. The molecule has 34 heavy (non-hydrogen) atoms. The molecule has 0 aliphatic carbocycles. The van der Waals surface area contributed by atoms with Crippen LogP contribution in [0.25, 0.3) is 0 Å². The minimum absolute atomic E-state index is 0.115. The Balaban J connectivity index is 1.41. The molecule has 1 heterocycles. The molecule has 0 radical (unpaired) electrons.